The minimum absolute atomic E-state index is 0.0224. The summed E-state index contributed by atoms with van der Waals surface area (Å²) in [6.07, 6.45) is 0. The standard InChI is InChI=1S/C11H14ClN3O/c12-9-3-1-2-8(6-13)11(9)15-5-4-14-10(16)7-15/h1-3H,4-7,13H2,(H,14,16). The predicted octanol–water partition coefficient (Wildman–Crippen LogP) is 0.735. The zero-order valence-corrected chi connectivity index (χ0v) is 9.63. The van der Waals surface area contributed by atoms with Gasteiger partial charge in [0.15, 0.2) is 0 Å². The van der Waals surface area contributed by atoms with Gasteiger partial charge in [-0.15, -0.1) is 0 Å². The number of para-hydroxylation sites is 1. The number of hydrogen-bond acceptors (Lipinski definition) is 3. The maximum Gasteiger partial charge on any atom is 0.239 e. The lowest BCUT2D eigenvalue weighted by molar-refractivity contribution is -0.120. The smallest absolute Gasteiger partial charge is 0.239 e. The summed E-state index contributed by atoms with van der Waals surface area (Å²) in [5.74, 6) is 0.0224. The molecule has 0 spiro atoms. The number of halogens is 1. The fourth-order valence-corrected chi connectivity index (χ4v) is 2.22. The van der Waals surface area contributed by atoms with E-state index in [-0.39, 0.29) is 5.91 Å². The van der Waals surface area contributed by atoms with E-state index in [0.717, 1.165) is 17.8 Å². The lowest BCUT2D eigenvalue weighted by atomic mass is 10.1. The number of nitrogens with one attached hydrogen (secondary N) is 1. The summed E-state index contributed by atoms with van der Waals surface area (Å²) >= 11 is 6.16. The number of anilines is 1. The normalized spacial score (nSPS) is 16.1. The molecular formula is C11H14ClN3O. The van der Waals surface area contributed by atoms with Crippen molar-refractivity contribution in [1.29, 1.82) is 0 Å². The molecule has 0 unspecified atom stereocenters. The SMILES string of the molecule is NCc1cccc(Cl)c1N1CCNC(=O)C1. The molecule has 3 N–H and O–H groups in total. The summed E-state index contributed by atoms with van der Waals surface area (Å²) in [6, 6.07) is 5.63. The molecule has 0 bridgehead atoms. The Morgan fingerprint density at radius 2 is 2.31 bits per heavy atom. The third-order valence-electron chi connectivity index (χ3n) is 2.64. The second kappa shape index (κ2) is 4.72. The van der Waals surface area contributed by atoms with Crippen molar-refractivity contribution in [2.24, 2.45) is 5.73 Å². The van der Waals surface area contributed by atoms with Crippen LogP contribution in [0, 0.1) is 0 Å². The van der Waals surface area contributed by atoms with Crippen molar-refractivity contribution in [2.75, 3.05) is 24.5 Å². The number of benzene rings is 1. The van der Waals surface area contributed by atoms with Crippen LogP contribution in [0.3, 0.4) is 0 Å². The summed E-state index contributed by atoms with van der Waals surface area (Å²) in [4.78, 5) is 13.3. The zero-order valence-electron chi connectivity index (χ0n) is 8.87. The third kappa shape index (κ3) is 2.13. The highest BCUT2D eigenvalue weighted by molar-refractivity contribution is 6.33. The van der Waals surface area contributed by atoms with Gasteiger partial charge in [-0.1, -0.05) is 23.7 Å². The Morgan fingerprint density at radius 3 is 3.00 bits per heavy atom. The first kappa shape index (κ1) is 11.2. The highest BCUT2D eigenvalue weighted by Gasteiger charge is 2.20. The number of carbonyl (C=O) groups excluding carboxylic acids is 1. The summed E-state index contributed by atoms with van der Waals surface area (Å²) < 4.78 is 0. The largest absolute Gasteiger partial charge is 0.359 e. The Balaban J connectivity index is 2.34. The van der Waals surface area contributed by atoms with E-state index in [2.05, 4.69) is 5.32 Å². The van der Waals surface area contributed by atoms with Crippen molar-refractivity contribution < 1.29 is 4.79 Å². The van der Waals surface area contributed by atoms with Gasteiger partial charge in [-0.2, -0.15) is 0 Å². The molecular weight excluding hydrogens is 226 g/mol. The molecule has 0 aliphatic carbocycles. The average molecular weight is 240 g/mol. The zero-order chi connectivity index (χ0) is 11.5. The molecule has 1 amide bonds. The topological polar surface area (TPSA) is 58.4 Å². The van der Waals surface area contributed by atoms with E-state index in [9.17, 15) is 4.79 Å². The molecule has 0 aromatic heterocycles. The Labute approximate surface area is 99.4 Å². The molecule has 16 heavy (non-hydrogen) atoms. The first-order valence-corrected chi connectivity index (χ1v) is 5.59. The van der Waals surface area contributed by atoms with Crippen molar-refractivity contribution in [3.8, 4) is 0 Å². The van der Waals surface area contributed by atoms with Gasteiger partial charge in [0.1, 0.15) is 0 Å². The number of hydrogen-bond donors (Lipinski definition) is 2. The van der Waals surface area contributed by atoms with Crippen LogP contribution < -0.4 is 16.0 Å². The Hall–Kier alpha value is -1.26. The summed E-state index contributed by atoms with van der Waals surface area (Å²) in [5, 5.41) is 3.43. The van der Waals surface area contributed by atoms with Crippen LogP contribution in [0.25, 0.3) is 0 Å². The Morgan fingerprint density at radius 1 is 1.50 bits per heavy atom. The molecule has 1 saturated heterocycles. The molecule has 1 aromatic carbocycles. The quantitative estimate of drug-likeness (QED) is 0.800. The molecule has 0 saturated carbocycles. The Bertz CT molecular complexity index is 408. The van der Waals surface area contributed by atoms with Crippen molar-refractivity contribution in [3.63, 3.8) is 0 Å². The second-order valence-corrected chi connectivity index (χ2v) is 4.13. The molecule has 1 heterocycles. The molecule has 1 aliphatic heterocycles. The van der Waals surface area contributed by atoms with Crippen LogP contribution in [0.5, 0.6) is 0 Å². The molecule has 2 rings (SSSR count). The van der Waals surface area contributed by atoms with Crippen LogP contribution in [-0.2, 0) is 11.3 Å². The number of rotatable bonds is 2. The van der Waals surface area contributed by atoms with E-state index in [1.165, 1.54) is 0 Å². The van der Waals surface area contributed by atoms with Gasteiger partial charge in [0.25, 0.3) is 0 Å². The third-order valence-corrected chi connectivity index (χ3v) is 2.95. The maximum atomic E-state index is 11.3. The molecule has 1 aliphatic rings. The predicted molar refractivity (Wildman–Crippen MR) is 64.6 cm³/mol. The lowest BCUT2D eigenvalue weighted by Gasteiger charge is -2.30. The summed E-state index contributed by atoms with van der Waals surface area (Å²) in [7, 11) is 0. The maximum absolute atomic E-state index is 11.3. The van der Waals surface area contributed by atoms with Crippen molar-refractivity contribution in [3.05, 3.63) is 28.8 Å². The fraction of sp³-hybridized carbons (Fsp3) is 0.364. The van der Waals surface area contributed by atoms with Gasteiger partial charge in [-0.05, 0) is 11.6 Å². The van der Waals surface area contributed by atoms with E-state index in [4.69, 9.17) is 17.3 Å². The highest BCUT2D eigenvalue weighted by Crippen LogP contribution is 2.29. The van der Waals surface area contributed by atoms with E-state index in [1.807, 2.05) is 23.1 Å². The van der Waals surface area contributed by atoms with E-state index in [1.54, 1.807) is 0 Å². The average Bonchev–Trinajstić information content (AvgIpc) is 2.28. The first-order chi connectivity index (χ1) is 7.72. The van der Waals surface area contributed by atoms with Crippen LogP contribution >= 0.6 is 11.6 Å². The highest BCUT2D eigenvalue weighted by atomic mass is 35.5. The van der Waals surface area contributed by atoms with E-state index >= 15 is 0 Å². The number of amides is 1. The minimum atomic E-state index is 0.0224. The van der Waals surface area contributed by atoms with Gasteiger partial charge >= 0.3 is 0 Å². The van der Waals surface area contributed by atoms with Crippen molar-refractivity contribution in [1.82, 2.24) is 5.32 Å². The molecule has 1 fully saturated rings. The monoisotopic (exact) mass is 239 g/mol. The number of nitrogens with zero attached hydrogens (tertiary/aromatic N) is 1. The molecule has 86 valence electrons. The van der Waals surface area contributed by atoms with Gasteiger partial charge in [0.2, 0.25) is 5.91 Å². The molecule has 0 radical (unpaired) electrons. The minimum Gasteiger partial charge on any atom is -0.359 e. The summed E-state index contributed by atoms with van der Waals surface area (Å²) in [5.41, 5.74) is 7.54. The fourth-order valence-electron chi connectivity index (χ4n) is 1.91. The molecule has 1 aromatic rings. The molecule has 4 nitrogen and oxygen atoms in total. The van der Waals surface area contributed by atoms with Gasteiger partial charge in [0.05, 0.1) is 17.3 Å². The van der Waals surface area contributed by atoms with Crippen LogP contribution in [0.4, 0.5) is 5.69 Å². The van der Waals surface area contributed by atoms with Crippen LogP contribution in [0.2, 0.25) is 5.02 Å². The van der Waals surface area contributed by atoms with Crippen LogP contribution in [0.15, 0.2) is 18.2 Å². The number of carbonyl (C=O) groups is 1. The van der Waals surface area contributed by atoms with Gasteiger partial charge in [-0.25, -0.2) is 0 Å². The van der Waals surface area contributed by atoms with E-state index in [0.29, 0.717) is 24.7 Å². The first-order valence-electron chi connectivity index (χ1n) is 5.21. The van der Waals surface area contributed by atoms with E-state index < -0.39 is 0 Å². The van der Waals surface area contributed by atoms with Crippen LogP contribution in [0.1, 0.15) is 5.56 Å². The number of piperazine rings is 1. The van der Waals surface area contributed by atoms with Gasteiger partial charge in [-0.3, -0.25) is 4.79 Å². The van der Waals surface area contributed by atoms with Crippen molar-refractivity contribution >= 4 is 23.2 Å². The molecule has 5 heteroatoms. The van der Waals surface area contributed by atoms with Crippen molar-refractivity contribution in [2.45, 2.75) is 6.54 Å². The summed E-state index contributed by atoms with van der Waals surface area (Å²) in [6.45, 7) is 2.18. The van der Waals surface area contributed by atoms with Gasteiger partial charge in [0, 0.05) is 19.6 Å². The van der Waals surface area contributed by atoms with Gasteiger partial charge < -0.3 is 16.0 Å². The Kier molecular flexibility index (Phi) is 3.31. The molecule has 0 atom stereocenters. The lowest BCUT2D eigenvalue weighted by Crippen LogP contribution is -2.48. The van der Waals surface area contributed by atoms with Crippen LogP contribution in [-0.4, -0.2) is 25.5 Å². The number of nitrogens with two attached hydrogens (primary N) is 1. The second-order valence-electron chi connectivity index (χ2n) is 3.72.